The van der Waals surface area contributed by atoms with Gasteiger partial charge in [-0.2, -0.15) is 0 Å². The summed E-state index contributed by atoms with van der Waals surface area (Å²) in [5.41, 5.74) is 4.47. The summed E-state index contributed by atoms with van der Waals surface area (Å²) in [5, 5.41) is 1.48. The number of nitrogens with one attached hydrogen (secondary N) is 1. The number of unbranched alkanes of at least 4 members (excludes halogenated alkanes) is 5. The van der Waals surface area contributed by atoms with Crippen molar-refractivity contribution in [3.8, 4) is 0 Å². The molecule has 0 saturated carbocycles. The molecule has 1 unspecified atom stereocenters. The summed E-state index contributed by atoms with van der Waals surface area (Å²) < 4.78 is 1.33. The van der Waals surface area contributed by atoms with E-state index in [1.165, 1.54) is 84.4 Å². The lowest BCUT2D eigenvalue weighted by Crippen LogP contribution is -2.13. The van der Waals surface area contributed by atoms with Crippen LogP contribution in [-0.4, -0.2) is 4.98 Å². The van der Waals surface area contributed by atoms with E-state index in [2.05, 4.69) is 52.7 Å². The third kappa shape index (κ3) is 3.87. The van der Waals surface area contributed by atoms with Crippen LogP contribution in [0.4, 0.5) is 0 Å². The zero-order valence-corrected chi connectivity index (χ0v) is 15.9. The highest BCUT2D eigenvalue weighted by Crippen LogP contribution is 2.34. The third-order valence-corrected chi connectivity index (χ3v) is 5.89. The molecule has 120 valence electrons. The normalized spacial score (nSPS) is 17.8. The lowest BCUT2D eigenvalue weighted by Gasteiger charge is -2.22. The molecule has 1 heterocycles. The van der Waals surface area contributed by atoms with Gasteiger partial charge in [-0.1, -0.05) is 57.9 Å². The van der Waals surface area contributed by atoms with Gasteiger partial charge in [0.1, 0.15) is 0 Å². The van der Waals surface area contributed by atoms with Gasteiger partial charge in [0.05, 0.1) is 0 Å². The van der Waals surface area contributed by atoms with Crippen molar-refractivity contribution in [3.63, 3.8) is 0 Å². The molecule has 1 N–H and O–H groups in total. The first-order valence-corrected chi connectivity index (χ1v) is 10.1. The summed E-state index contributed by atoms with van der Waals surface area (Å²) in [6.07, 6.45) is 13.9. The summed E-state index contributed by atoms with van der Waals surface area (Å²) in [6, 6.07) is 6.85. The van der Waals surface area contributed by atoms with E-state index in [0.29, 0.717) is 0 Å². The molecule has 0 radical (unpaired) electrons. The molecule has 1 aliphatic carbocycles. The summed E-state index contributed by atoms with van der Waals surface area (Å²) in [7, 11) is 0. The number of H-pyrrole nitrogens is 1. The Bertz CT molecular complexity index is 613. The van der Waals surface area contributed by atoms with E-state index in [4.69, 9.17) is 0 Å². The highest BCUT2D eigenvalue weighted by molar-refractivity contribution is 14.1. The maximum absolute atomic E-state index is 3.66. The van der Waals surface area contributed by atoms with E-state index in [1.54, 1.807) is 5.56 Å². The van der Waals surface area contributed by atoms with Crippen LogP contribution in [0.25, 0.3) is 10.9 Å². The number of fused-ring (bicyclic) bond motifs is 3. The Morgan fingerprint density at radius 3 is 2.82 bits per heavy atom. The van der Waals surface area contributed by atoms with E-state index < -0.39 is 0 Å². The van der Waals surface area contributed by atoms with Crippen LogP contribution >= 0.6 is 22.6 Å². The number of aromatic nitrogens is 1. The standard InChI is InChI=1S/C20H28IN/c1-2-3-4-5-6-7-8-15-9-12-19-18(13-15)17-11-10-16(21)14-20(17)22-19/h10-11,14-15,22H,2-9,12-13H2,1H3. The SMILES string of the molecule is CCCCCCCCC1CCc2[nH]c3cc(I)ccc3c2C1. The van der Waals surface area contributed by atoms with Crippen molar-refractivity contribution in [1.82, 2.24) is 4.98 Å². The zero-order chi connectivity index (χ0) is 15.4. The van der Waals surface area contributed by atoms with Crippen LogP contribution in [-0.2, 0) is 12.8 Å². The van der Waals surface area contributed by atoms with Gasteiger partial charge in [-0.25, -0.2) is 0 Å². The van der Waals surface area contributed by atoms with Gasteiger partial charge in [0.15, 0.2) is 0 Å². The number of hydrogen-bond donors (Lipinski definition) is 1. The lowest BCUT2D eigenvalue weighted by molar-refractivity contribution is 0.404. The van der Waals surface area contributed by atoms with Crippen molar-refractivity contribution in [3.05, 3.63) is 33.0 Å². The van der Waals surface area contributed by atoms with Crippen molar-refractivity contribution in [2.45, 2.75) is 71.1 Å². The average Bonchev–Trinajstić information content (AvgIpc) is 2.87. The van der Waals surface area contributed by atoms with E-state index in [-0.39, 0.29) is 0 Å². The highest BCUT2D eigenvalue weighted by atomic mass is 127. The minimum absolute atomic E-state index is 0.914. The molecular formula is C20H28IN. The molecule has 0 spiro atoms. The summed E-state index contributed by atoms with van der Waals surface area (Å²) in [4.78, 5) is 3.66. The second-order valence-corrected chi connectivity index (χ2v) is 8.18. The maximum Gasteiger partial charge on any atom is 0.0469 e. The number of aromatic amines is 1. The number of aryl methyl sites for hydroxylation is 1. The molecule has 0 amide bonds. The first kappa shape index (κ1) is 16.4. The van der Waals surface area contributed by atoms with E-state index in [9.17, 15) is 0 Å². The molecule has 1 nitrogen and oxygen atoms in total. The summed E-state index contributed by atoms with van der Waals surface area (Å²) >= 11 is 2.40. The molecule has 2 aromatic rings. The van der Waals surface area contributed by atoms with Crippen LogP contribution in [0.15, 0.2) is 18.2 Å². The first-order chi connectivity index (χ1) is 10.8. The summed E-state index contributed by atoms with van der Waals surface area (Å²) in [5.74, 6) is 0.914. The van der Waals surface area contributed by atoms with Crippen LogP contribution in [0.5, 0.6) is 0 Å². The van der Waals surface area contributed by atoms with Crippen LogP contribution in [0, 0.1) is 9.49 Å². The van der Waals surface area contributed by atoms with Gasteiger partial charge in [-0.15, -0.1) is 0 Å². The van der Waals surface area contributed by atoms with Crippen molar-refractivity contribution in [2.75, 3.05) is 0 Å². The number of halogens is 1. The fourth-order valence-electron chi connectivity index (χ4n) is 3.93. The molecule has 3 rings (SSSR count). The smallest absolute Gasteiger partial charge is 0.0469 e. The summed E-state index contributed by atoms with van der Waals surface area (Å²) in [6.45, 7) is 2.29. The van der Waals surface area contributed by atoms with Crippen molar-refractivity contribution >= 4 is 33.5 Å². The Kier molecular flexibility index (Phi) is 5.83. The van der Waals surface area contributed by atoms with Crippen molar-refractivity contribution < 1.29 is 0 Å². The predicted molar refractivity (Wildman–Crippen MR) is 105 cm³/mol. The second kappa shape index (κ2) is 7.85. The monoisotopic (exact) mass is 409 g/mol. The van der Waals surface area contributed by atoms with Crippen LogP contribution in [0.3, 0.4) is 0 Å². The van der Waals surface area contributed by atoms with E-state index >= 15 is 0 Å². The predicted octanol–water partition coefficient (Wildman–Crippen LogP) is 6.63. The lowest BCUT2D eigenvalue weighted by atomic mass is 9.83. The Morgan fingerprint density at radius 1 is 1.14 bits per heavy atom. The van der Waals surface area contributed by atoms with Gasteiger partial charge in [0, 0.05) is 20.2 Å². The molecule has 0 aliphatic heterocycles. The van der Waals surface area contributed by atoms with Crippen molar-refractivity contribution in [2.24, 2.45) is 5.92 Å². The maximum atomic E-state index is 3.66. The van der Waals surface area contributed by atoms with Crippen LogP contribution < -0.4 is 0 Å². The topological polar surface area (TPSA) is 15.8 Å². The number of rotatable bonds is 7. The molecule has 22 heavy (non-hydrogen) atoms. The number of benzene rings is 1. The van der Waals surface area contributed by atoms with Gasteiger partial charge < -0.3 is 4.98 Å². The first-order valence-electron chi connectivity index (χ1n) is 9.07. The van der Waals surface area contributed by atoms with Crippen molar-refractivity contribution in [1.29, 1.82) is 0 Å². The van der Waals surface area contributed by atoms with Crippen LogP contribution in [0.2, 0.25) is 0 Å². The fraction of sp³-hybridized carbons (Fsp3) is 0.600. The van der Waals surface area contributed by atoms with Gasteiger partial charge in [-0.3, -0.25) is 0 Å². The number of hydrogen-bond acceptors (Lipinski definition) is 0. The zero-order valence-electron chi connectivity index (χ0n) is 13.8. The Labute approximate surface area is 148 Å². The van der Waals surface area contributed by atoms with E-state index in [0.717, 1.165) is 5.92 Å². The minimum Gasteiger partial charge on any atom is -0.358 e. The van der Waals surface area contributed by atoms with Gasteiger partial charge in [-0.05, 0) is 65.5 Å². The molecule has 1 aromatic heterocycles. The molecule has 0 fully saturated rings. The largest absolute Gasteiger partial charge is 0.358 e. The molecule has 0 saturated heterocycles. The average molecular weight is 409 g/mol. The highest BCUT2D eigenvalue weighted by Gasteiger charge is 2.22. The molecule has 0 bridgehead atoms. The Morgan fingerprint density at radius 2 is 1.95 bits per heavy atom. The van der Waals surface area contributed by atoms with Crippen LogP contribution in [0.1, 0.15) is 69.5 Å². The van der Waals surface area contributed by atoms with Gasteiger partial charge in [0.25, 0.3) is 0 Å². The fourth-order valence-corrected chi connectivity index (χ4v) is 4.42. The Hall–Kier alpha value is -0.510. The third-order valence-electron chi connectivity index (χ3n) is 5.22. The molecule has 1 atom stereocenters. The minimum atomic E-state index is 0.914. The quantitative estimate of drug-likeness (QED) is 0.390. The van der Waals surface area contributed by atoms with Gasteiger partial charge >= 0.3 is 0 Å². The van der Waals surface area contributed by atoms with Gasteiger partial charge in [0.2, 0.25) is 0 Å². The molecule has 2 heteroatoms. The molecule has 1 aromatic carbocycles. The second-order valence-electron chi connectivity index (χ2n) is 6.94. The molecule has 1 aliphatic rings. The van der Waals surface area contributed by atoms with E-state index in [1.807, 2.05) is 0 Å². The Balaban J connectivity index is 1.56. The molecular weight excluding hydrogens is 381 g/mol.